The van der Waals surface area contributed by atoms with Crippen molar-refractivity contribution in [1.29, 1.82) is 0 Å². The van der Waals surface area contributed by atoms with Crippen LogP contribution in [-0.4, -0.2) is 4.57 Å². The lowest BCUT2D eigenvalue weighted by Crippen LogP contribution is -2.01. The maximum Gasteiger partial charge on any atom is 0.0541 e. The SMILES string of the molecule is C=C(c1ccc2sc3ccccc3c2c1)c1ccc(-c2c(C)cc(C)cc2C)cc1-c1cc(-c2ccc3c(c2)c2cc(-c4c(C)cc(C)cc4C)ccc2n3-c2c(C)cc(C)cc2C)ccc1C. The number of hydrogen-bond donors (Lipinski definition) is 0. The molecule has 11 aromatic rings. The van der Waals surface area contributed by atoms with Crippen LogP contribution in [0.3, 0.4) is 0 Å². The molecule has 2 heterocycles. The highest BCUT2D eigenvalue weighted by Crippen LogP contribution is 2.44. The zero-order valence-corrected chi connectivity index (χ0v) is 41.8. The minimum absolute atomic E-state index is 1.02. The fourth-order valence-corrected chi connectivity index (χ4v) is 12.8. The average molecular weight is 896 g/mol. The first-order chi connectivity index (χ1) is 32.7. The van der Waals surface area contributed by atoms with Crippen LogP contribution in [0, 0.1) is 69.2 Å². The van der Waals surface area contributed by atoms with Gasteiger partial charge in [-0.25, -0.2) is 0 Å². The van der Waals surface area contributed by atoms with Crippen LogP contribution in [0.4, 0.5) is 0 Å². The summed E-state index contributed by atoms with van der Waals surface area (Å²) in [6, 6.07) is 57.8. The molecule has 0 aliphatic rings. The lowest BCUT2D eigenvalue weighted by molar-refractivity contribution is 1.11. The van der Waals surface area contributed by atoms with Crippen molar-refractivity contribution in [2.45, 2.75) is 69.2 Å². The third kappa shape index (κ3) is 7.22. The molecule has 0 unspecified atom stereocenters. The molecular formula is C66H57NS. The van der Waals surface area contributed by atoms with Gasteiger partial charge in [-0.2, -0.15) is 0 Å². The molecule has 9 aromatic carbocycles. The number of hydrogen-bond acceptors (Lipinski definition) is 1. The molecule has 0 saturated heterocycles. The van der Waals surface area contributed by atoms with E-state index in [0.29, 0.717) is 0 Å². The molecule has 2 aromatic heterocycles. The maximum absolute atomic E-state index is 4.86. The molecule has 0 aliphatic heterocycles. The molecule has 332 valence electrons. The maximum atomic E-state index is 4.86. The Morgan fingerprint density at radius 2 is 0.868 bits per heavy atom. The molecule has 0 aliphatic carbocycles. The molecule has 0 fully saturated rings. The first-order valence-corrected chi connectivity index (χ1v) is 24.7. The van der Waals surface area contributed by atoms with Gasteiger partial charge in [0.1, 0.15) is 0 Å². The smallest absolute Gasteiger partial charge is 0.0541 e. The van der Waals surface area contributed by atoms with Crippen LogP contribution < -0.4 is 0 Å². The molecular weight excluding hydrogens is 839 g/mol. The number of aromatic nitrogens is 1. The van der Waals surface area contributed by atoms with Gasteiger partial charge in [-0.1, -0.05) is 120 Å². The number of fused-ring (bicyclic) bond motifs is 6. The Balaban J connectivity index is 1.11. The molecule has 2 heteroatoms. The average Bonchev–Trinajstić information content (AvgIpc) is 3.82. The second-order valence-electron chi connectivity index (χ2n) is 19.7. The molecule has 0 saturated carbocycles. The van der Waals surface area contributed by atoms with E-state index >= 15 is 0 Å². The lowest BCUT2D eigenvalue weighted by Gasteiger charge is -2.19. The standard InChI is InChI=1S/C66H57NS/c1-37-26-41(5)64(42(6)27-37)51-18-22-53(47(11)48-21-25-63-59(32-48)54-14-12-13-15-62(54)68-63)56(35-51)55-33-49(17-16-40(55)4)50-19-23-60-57(34-50)58-36-52(65-43(7)28-38(2)29-44(65)8)20-24-61(58)67(60)66-45(9)30-39(3)31-46(66)10/h12-36H,11H2,1-10H3. The molecule has 0 bridgehead atoms. The van der Waals surface area contributed by atoms with Crippen molar-refractivity contribution in [3.8, 4) is 50.2 Å². The summed E-state index contributed by atoms with van der Waals surface area (Å²) in [6.07, 6.45) is 0. The topological polar surface area (TPSA) is 4.93 Å². The molecule has 1 nitrogen and oxygen atoms in total. The van der Waals surface area contributed by atoms with Crippen LogP contribution in [-0.2, 0) is 0 Å². The van der Waals surface area contributed by atoms with E-state index in [1.165, 1.54) is 148 Å². The van der Waals surface area contributed by atoms with E-state index in [9.17, 15) is 0 Å². The lowest BCUT2D eigenvalue weighted by atomic mass is 9.84. The van der Waals surface area contributed by atoms with Gasteiger partial charge in [0.25, 0.3) is 0 Å². The number of nitrogens with zero attached hydrogens (tertiary/aromatic N) is 1. The van der Waals surface area contributed by atoms with Crippen molar-refractivity contribution >= 4 is 58.9 Å². The second kappa shape index (κ2) is 16.5. The predicted molar refractivity (Wildman–Crippen MR) is 297 cm³/mol. The van der Waals surface area contributed by atoms with Gasteiger partial charge in [-0.3, -0.25) is 0 Å². The van der Waals surface area contributed by atoms with E-state index < -0.39 is 0 Å². The molecule has 0 radical (unpaired) electrons. The van der Waals surface area contributed by atoms with Crippen LogP contribution in [0.25, 0.3) is 97.7 Å². The summed E-state index contributed by atoms with van der Waals surface area (Å²) >= 11 is 1.86. The largest absolute Gasteiger partial charge is 0.309 e. The van der Waals surface area contributed by atoms with Crippen molar-refractivity contribution in [3.63, 3.8) is 0 Å². The molecule has 0 spiro atoms. The summed E-state index contributed by atoms with van der Waals surface area (Å²) in [7, 11) is 0. The van der Waals surface area contributed by atoms with Crippen molar-refractivity contribution in [3.05, 3.63) is 225 Å². The summed E-state index contributed by atoms with van der Waals surface area (Å²) in [5.74, 6) is 0. The normalized spacial score (nSPS) is 11.7. The Morgan fingerprint density at radius 3 is 1.50 bits per heavy atom. The fourth-order valence-electron chi connectivity index (χ4n) is 11.7. The van der Waals surface area contributed by atoms with Crippen molar-refractivity contribution < 1.29 is 0 Å². The van der Waals surface area contributed by atoms with Gasteiger partial charge in [-0.05, 0) is 224 Å². The van der Waals surface area contributed by atoms with Gasteiger partial charge in [0, 0.05) is 30.9 Å². The van der Waals surface area contributed by atoms with Crippen LogP contribution in [0.1, 0.15) is 66.8 Å². The first-order valence-electron chi connectivity index (χ1n) is 23.9. The quantitative estimate of drug-likeness (QED) is 0.150. The van der Waals surface area contributed by atoms with E-state index in [1.807, 2.05) is 11.3 Å². The monoisotopic (exact) mass is 895 g/mol. The Morgan fingerprint density at radius 1 is 0.382 bits per heavy atom. The van der Waals surface area contributed by atoms with Gasteiger partial charge in [0.15, 0.2) is 0 Å². The van der Waals surface area contributed by atoms with Gasteiger partial charge >= 0.3 is 0 Å². The fraction of sp³-hybridized carbons (Fsp3) is 0.152. The summed E-state index contributed by atoms with van der Waals surface area (Å²) in [5, 5.41) is 5.09. The molecule has 11 rings (SSSR count). The number of aryl methyl sites for hydroxylation is 10. The second-order valence-corrected chi connectivity index (χ2v) is 20.8. The van der Waals surface area contributed by atoms with Crippen LogP contribution in [0.2, 0.25) is 0 Å². The summed E-state index contributed by atoms with van der Waals surface area (Å²) in [6.45, 7) is 27.2. The van der Waals surface area contributed by atoms with Crippen LogP contribution in [0.5, 0.6) is 0 Å². The first kappa shape index (κ1) is 43.3. The van der Waals surface area contributed by atoms with E-state index in [-0.39, 0.29) is 0 Å². The van der Waals surface area contributed by atoms with Gasteiger partial charge in [0.05, 0.1) is 16.7 Å². The Bertz CT molecular complexity index is 3850. The molecule has 0 atom stereocenters. The van der Waals surface area contributed by atoms with E-state index in [0.717, 1.165) is 16.7 Å². The van der Waals surface area contributed by atoms with Crippen molar-refractivity contribution in [2.75, 3.05) is 0 Å². The highest BCUT2D eigenvalue weighted by atomic mass is 32.1. The number of thiophene rings is 1. The number of rotatable bonds is 7. The summed E-state index contributed by atoms with van der Waals surface area (Å²) in [5.41, 5.74) is 29.7. The highest BCUT2D eigenvalue weighted by molar-refractivity contribution is 7.25. The van der Waals surface area contributed by atoms with Gasteiger partial charge in [0.2, 0.25) is 0 Å². The van der Waals surface area contributed by atoms with Gasteiger partial charge in [-0.15, -0.1) is 11.3 Å². The highest BCUT2D eigenvalue weighted by Gasteiger charge is 2.21. The Labute approximate surface area is 405 Å². The van der Waals surface area contributed by atoms with E-state index in [4.69, 9.17) is 6.58 Å². The predicted octanol–water partition coefficient (Wildman–Crippen LogP) is 19.0. The third-order valence-corrected chi connectivity index (χ3v) is 15.6. The molecule has 0 N–H and O–H groups in total. The minimum Gasteiger partial charge on any atom is -0.309 e. The molecule has 0 amide bonds. The van der Waals surface area contributed by atoms with Gasteiger partial charge < -0.3 is 4.57 Å². The number of benzene rings is 9. The third-order valence-electron chi connectivity index (χ3n) is 14.5. The summed E-state index contributed by atoms with van der Waals surface area (Å²) < 4.78 is 5.12. The van der Waals surface area contributed by atoms with E-state index in [1.54, 1.807) is 0 Å². The Hall–Kier alpha value is -7.26. The zero-order valence-electron chi connectivity index (χ0n) is 41.0. The van der Waals surface area contributed by atoms with Crippen LogP contribution in [0.15, 0.2) is 158 Å². The zero-order chi connectivity index (χ0) is 47.3. The summed E-state index contributed by atoms with van der Waals surface area (Å²) in [4.78, 5) is 0. The van der Waals surface area contributed by atoms with E-state index in [2.05, 4.69) is 225 Å². The Kier molecular flexibility index (Phi) is 10.5. The van der Waals surface area contributed by atoms with Crippen molar-refractivity contribution in [2.24, 2.45) is 0 Å². The molecule has 68 heavy (non-hydrogen) atoms. The minimum atomic E-state index is 1.02. The van der Waals surface area contributed by atoms with Crippen LogP contribution >= 0.6 is 11.3 Å². The van der Waals surface area contributed by atoms with Crippen molar-refractivity contribution in [1.82, 2.24) is 4.57 Å².